The molecule has 3 rings (SSSR count). The predicted molar refractivity (Wildman–Crippen MR) is 108 cm³/mol. The second kappa shape index (κ2) is 9.53. The molecule has 0 saturated heterocycles. The molecule has 3 aromatic rings. The van der Waals surface area contributed by atoms with Crippen LogP contribution in [0.25, 0.3) is 0 Å². The van der Waals surface area contributed by atoms with Crippen molar-refractivity contribution in [3.8, 4) is 5.75 Å². The minimum absolute atomic E-state index is 0.292. The molecular formula is C22H25NO2S. The summed E-state index contributed by atoms with van der Waals surface area (Å²) in [7, 11) is 0. The first-order valence-corrected chi connectivity index (χ1v) is 9.74. The molecule has 0 aliphatic heterocycles. The van der Waals surface area contributed by atoms with Gasteiger partial charge in [0, 0.05) is 24.5 Å². The average molecular weight is 368 g/mol. The molecule has 1 N–H and O–H groups in total. The maximum atomic E-state index is 10.5. The van der Waals surface area contributed by atoms with E-state index in [2.05, 4.69) is 46.7 Å². The van der Waals surface area contributed by atoms with Crippen molar-refractivity contribution in [2.45, 2.75) is 26.1 Å². The Hall–Kier alpha value is -2.14. The van der Waals surface area contributed by atoms with Crippen molar-refractivity contribution in [3.63, 3.8) is 0 Å². The maximum Gasteiger partial charge on any atom is 0.122 e. The molecule has 0 aliphatic carbocycles. The number of benzene rings is 2. The van der Waals surface area contributed by atoms with Crippen molar-refractivity contribution < 1.29 is 9.84 Å². The number of rotatable bonds is 9. The lowest BCUT2D eigenvalue weighted by molar-refractivity contribution is 0.0630. The van der Waals surface area contributed by atoms with Gasteiger partial charge in [-0.05, 0) is 35.6 Å². The Kier molecular flexibility index (Phi) is 6.83. The highest BCUT2D eigenvalue weighted by Crippen LogP contribution is 2.18. The lowest BCUT2D eigenvalue weighted by atomic mass is 10.2. The average Bonchev–Trinajstić information content (AvgIpc) is 3.15. The Morgan fingerprint density at radius 1 is 0.962 bits per heavy atom. The van der Waals surface area contributed by atoms with E-state index < -0.39 is 6.10 Å². The summed E-state index contributed by atoms with van der Waals surface area (Å²) in [5.74, 6) is 0.833. The quantitative estimate of drug-likeness (QED) is 0.604. The highest BCUT2D eigenvalue weighted by atomic mass is 32.1. The molecule has 2 aromatic carbocycles. The number of hydrogen-bond donors (Lipinski definition) is 1. The fourth-order valence-corrected chi connectivity index (χ4v) is 3.65. The molecule has 0 aliphatic rings. The van der Waals surface area contributed by atoms with Gasteiger partial charge in [0.25, 0.3) is 0 Å². The van der Waals surface area contributed by atoms with Crippen molar-refractivity contribution in [1.82, 2.24) is 4.90 Å². The van der Waals surface area contributed by atoms with Crippen LogP contribution in [0.5, 0.6) is 5.75 Å². The van der Waals surface area contributed by atoms with Gasteiger partial charge in [-0.25, -0.2) is 0 Å². The lowest BCUT2D eigenvalue weighted by Crippen LogP contribution is -2.35. The van der Waals surface area contributed by atoms with Gasteiger partial charge in [0.05, 0.1) is 0 Å². The molecule has 3 nitrogen and oxygen atoms in total. The molecule has 0 fully saturated rings. The topological polar surface area (TPSA) is 32.7 Å². The zero-order valence-corrected chi connectivity index (χ0v) is 15.9. The normalized spacial score (nSPS) is 12.3. The first kappa shape index (κ1) is 18.6. The van der Waals surface area contributed by atoms with Crippen molar-refractivity contribution in [2.75, 3.05) is 13.2 Å². The van der Waals surface area contributed by atoms with Gasteiger partial charge in [0.1, 0.15) is 18.5 Å². The molecular weight excluding hydrogens is 342 g/mol. The van der Waals surface area contributed by atoms with Crippen LogP contribution in [0, 0.1) is 6.92 Å². The summed E-state index contributed by atoms with van der Waals surface area (Å²) in [6.45, 7) is 4.51. The molecule has 4 heteroatoms. The van der Waals surface area contributed by atoms with Gasteiger partial charge >= 0.3 is 0 Å². The number of aliphatic hydroxyl groups is 1. The van der Waals surface area contributed by atoms with Crippen LogP contribution >= 0.6 is 11.3 Å². The Balaban J connectivity index is 1.59. The van der Waals surface area contributed by atoms with E-state index in [1.54, 1.807) is 11.3 Å². The third-order valence-corrected chi connectivity index (χ3v) is 5.06. The molecule has 0 radical (unpaired) electrons. The van der Waals surface area contributed by atoms with Crippen molar-refractivity contribution in [3.05, 3.63) is 88.1 Å². The zero-order chi connectivity index (χ0) is 18.2. The standard InChI is InChI=1S/C22H25NO2S/c1-18-8-5-6-12-22(18)25-17-20(24)15-23(16-21-11-7-13-26-21)14-19-9-3-2-4-10-19/h2-13,20,24H,14-17H2,1H3/t20-/m0/s1. The third kappa shape index (κ3) is 5.70. The largest absolute Gasteiger partial charge is 0.491 e. The monoisotopic (exact) mass is 367 g/mol. The highest BCUT2D eigenvalue weighted by molar-refractivity contribution is 7.09. The molecule has 1 atom stereocenters. The molecule has 0 bridgehead atoms. The summed E-state index contributed by atoms with van der Waals surface area (Å²) >= 11 is 1.75. The number of aliphatic hydroxyl groups excluding tert-OH is 1. The Bertz CT molecular complexity index is 774. The third-order valence-electron chi connectivity index (χ3n) is 4.20. The van der Waals surface area contributed by atoms with E-state index in [9.17, 15) is 5.11 Å². The summed E-state index contributed by atoms with van der Waals surface area (Å²) in [5, 5.41) is 12.6. The number of hydrogen-bond acceptors (Lipinski definition) is 4. The van der Waals surface area contributed by atoms with Gasteiger partial charge in [-0.3, -0.25) is 4.90 Å². The molecule has 0 spiro atoms. The molecule has 136 valence electrons. The van der Waals surface area contributed by atoms with E-state index in [1.165, 1.54) is 10.4 Å². The summed E-state index contributed by atoms with van der Waals surface area (Å²) in [4.78, 5) is 3.57. The molecule has 26 heavy (non-hydrogen) atoms. The highest BCUT2D eigenvalue weighted by Gasteiger charge is 2.14. The van der Waals surface area contributed by atoms with E-state index in [-0.39, 0.29) is 0 Å². The number of ether oxygens (including phenoxy) is 1. The summed E-state index contributed by atoms with van der Waals surface area (Å²) in [5.41, 5.74) is 2.33. The van der Waals surface area contributed by atoms with Crippen LogP contribution in [-0.4, -0.2) is 29.3 Å². The number of nitrogens with zero attached hydrogens (tertiary/aromatic N) is 1. The fraction of sp³-hybridized carbons (Fsp3) is 0.273. The zero-order valence-electron chi connectivity index (χ0n) is 15.0. The van der Waals surface area contributed by atoms with Crippen molar-refractivity contribution in [1.29, 1.82) is 0 Å². The molecule has 0 unspecified atom stereocenters. The van der Waals surface area contributed by atoms with Gasteiger partial charge in [0.15, 0.2) is 0 Å². The van der Waals surface area contributed by atoms with Gasteiger partial charge in [-0.1, -0.05) is 54.6 Å². The number of para-hydroxylation sites is 1. The van der Waals surface area contributed by atoms with Crippen LogP contribution in [0.15, 0.2) is 72.1 Å². The van der Waals surface area contributed by atoms with Gasteiger partial charge < -0.3 is 9.84 Å². The molecule has 0 saturated carbocycles. The van der Waals surface area contributed by atoms with E-state index in [1.807, 2.05) is 37.3 Å². The number of thiophene rings is 1. The molecule has 1 aromatic heterocycles. The second-order valence-corrected chi connectivity index (χ2v) is 7.50. The van der Waals surface area contributed by atoms with E-state index in [0.717, 1.165) is 24.4 Å². The predicted octanol–water partition coefficient (Wildman–Crippen LogP) is 4.50. The van der Waals surface area contributed by atoms with Crippen LogP contribution in [0.4, 0.5) is 0 Å². The fourth-order valence-electron chi connectivity index (χ4n) is 2.90. The summed E-state index contributed by atoms with van der Waals surface area (Å²) in [6, 6.07) is 22.5. The van der Waals surface area contributed by atoms with Gasteiger partial charge in [-0.2, -0.15) is 0 Å². The van der Waals surface area contributed by atoms with Gasteiger partial charge in [0.2, 0.25) is 0 Å². The van der Waals surface area contributed by atoms with Crippen molar-refractivity contribution in [2.24, 2.45) is 0 Å². The lowest BCUT2D eigenvalue weighted by Gasteiger charge is -2.25. The SMILES string of the molecule is Cc1ccccc1OC[C@@H](O)CN(Cc1ccccc1)Cc1cccs1. The minimum atomic E-state index is -0.543. The molecule has 0 amide bonds. The van der Waals surface area contributed by atoms with Crippen LogP contribution in [0.2, 0.25) is 0 Å². The first-order chi connectivity index (χ1) is 12.7. The van der Waals surface area contributed by atoms with E-state index in [4.69, 9.17) is 4.74 Å². The van der Waals surface area contributed by atoms with Crippen LogP contribution < -0.4 is 4.74 Å². The van der Waals surface area contributed by atoms with Crippen molar-refractivity contribution >= 4 is 11.3 Å². The minimum Gasteiger partial charge on any atom is -0.491 e. The number of aryl methyl sites for hydroxylation is 1. The van der Waals surface area contributed by atoms with Crippen LogP contribution in [0.1, 0.15) is 16.0 Å². The summed E-state index contributed by atoms with van der Waals surface area (Å²) < 4.78 is 5.81. The second-order valence-electron chi connectivity index (χ2n) is 6.46. The Morgan fingerprint density at radius 2 is 1.73 bits per heavy atom. The Morgan fingerprint density at radius 3 is 2.46 bits per heavy atom. The maximum absolute atomic E-state index is 10.5. The smallest absolute Gasteiger partial charge is 0.122 e. The Labute approximate surface area is 159 Å². The van der Waals surface area contributed by atoms with Gasteiger partial charge in [-0.15, -0.1) is 11.3 Å². The van der Waals surface area contributed by atoms with Crippen LogP contribution in [0.3, 0.4) is 0 Å². The summed E-state index contributed by atoms with van der Waals surface area (Å²) in [6.07, 6.45) is -0.543. The van der Waals surface area contributed by atoms with E-state index in [0.29, 0.717) is 13.2 Å². The first-order valence-electron chi connectivity index (χ1n) is 8.86. The molecule has 1 heterocycles. The van der Waals surface area contributed by atoms with E-state index >= 15 is 0 Å². The van der Waals surface area contributed by atoms with Crippen LogP contribution in [-0.2, 0) is 13.1 Å².